The number of rotatable bonds is 4. The first-order valence-corrected chi connectivity index (χ1v) is 7.41. The van der Waals surface area contributed by atoms with E-state index in [0.29, 0.717) is 0 Å². The standard InChI is InChI=1S/C16H16BrClO2/c1-10-4-5-12(9-15(10)20-3)16(18)11-6-7-14(19-2)13(17)8-11/h4-9,16H,1-3H3. The van der Waals surface area contributed by atoms with Gasteiger partial charge in [-0.25, -0.2) is 0 Å². The van der Waals surface area contributed by atoms with E-state index >= 15 is 0 Å². The predicted octanol–water partition coefficient (Wildman–Crippen LogP) is 5.10. The Morgan fingerprint density at radius 1 is 0.950 bits per heavy atom. The topological polar surface area (TPSA) is 18.5 Å². The van der Waals surface area contributed by atoms with Gasteiger partial charge in [0.25, 0.3) is 0 Å². The first-order valence-electron chi connectivity index (χ1n) is 6.19. The van der Waals surface area contributed by atoms with Crippen LogP contribution in [0.3, 0.4) is 0 Å². The summed E-state index contributed by atoms with van der Waals surface area (Å²) < 4.78 is 11.5. The molecule has 1 atom stereocenters. The maximum absolute atomic E-state index is 6.56. The van der Waals surface area contributed by atoms with E-state index in [0.717, 1.165) is 32.7 Å². The highest BCUT2D eigenvalue weighted by molar-refractivity contribution is 9.10. The van der Waals surface area contributed by atoms with Gasteiger partial charge in [-0.1, -0.05) is 18.2 Å². The van der Waals surface area contributed by atoms with Crippen LogP contribution in [0.4, 0.5) is 0 Å². The highest BCUT2D eigenvalue weighted by atomic mass is 79.9. The molecular formula is C16H16BrClO2. The van der Waals surface area contributed by atoms with Gasteiger partial charge in [-0.2, -0.15) is 0 Å². The molecule has 0 aliphatic heterocycles. The molecular weight excluding hydrogens is 340 g/mol. The van der Waals surface area contributed by atoms with Crippen LogP contribution in [0.15, 0.2) is 40.9 Å². The largest absolute Gasteiger partial charge is 0.496 e. The van der Waals surface area contributed by atoms with E-state index in [-0.39, 0.29) is 5.38 Å². The van der Waals surface area contributed by atoms with E-state index in [4.69, 9.17) is 21.1 Å². The van der Waals surface area contributed by atoms with Crippen LogP contribution in [0.5, 0.6) is 11.5 Å². The number of hydrogen-bond donors (Lipinski definition) is 0. The van der Waals surface area contributed by atoms with Crippen molar-refractivity contribution in [1.29, 1.82) is 0 Å². The molecule has 2 rings (SSSR count). The van der Waals surface area contributed by atoms with Crippen LogP contribution in [0.2, 0.25) is 0 Å². The van der Waals surface area contributed by atoms with Gasteiger partial charge < -0.3 is 9.47 Å². The smallest absolute Gasteiger partial charge is 0.133 e. The Kier molecular flexibility index (Phi) is 4.95. The first kappa shape index (κ1) is 15.2. The number of benzene rings is 2. The fourth-order valence-electron chi connectivity index (χ4n) is 2.03. The molecule has 0 aliphatic carbocycles. The highest BCUT2D eigenvalue weighted by Gasteiger charge is 2.14. The van der Waals surface area contributed by atoms with Gasteiger partial charge in [0.05, 0.1) is 24.1 Å². The molecule has 0 saturated carbocycles. The predicted molar refractivity (Wildman–Crippen MR) is 86.1 cm³/mol. The number of alkyl halides is 1. The summed E-state index contributed by atoms with van der Waals surface area (Å²) in [6.45, 7) is 2.01. The maximum Gasteiger partial charge on any atom is 0.133 e. The fraction of sp³-hybridized carbons (Fsp3) is 0.250. The van der Waals surface area contributed by atoms with Crippen LogP contribution in [0.1, 0.15) is 22.1 Å². The van der Waals surface area contributed by atoms with E-state index in [2.05, 4.69) is 15.9 Å². The molecule has 0 amide bonds. The molecule has 0 fully saturated rings. The van der Waals surface area contributed by atoms with Gasteiger partial charge in [-0.3, -0.25) is 0 Å². The Labute approximate surface area is 132 Å². The van der Waals surface area contributed by atoms with Gasteiger partial charge in [0, 0.05) is 0 Å². The zero-order valence-electron chi connectivity index (χ0n) is 11.6. The van der Waals surface area contributed by atoms with Gasteiger partial charge in [0.1, 0.15) is 11.5 Å². The minimum absolute atomic E-state index is 0.230. The lowest BCUT2D eigenvalue weighted by molar-refractivity contribution is 0.411. The Hall–Kier alpha value is -1.19. The molecule has 0 radical (unpaired) electrons. The molecule has 0 N–H and O–H groups in total. The van der Waals surface area contributed by atoms with Crippen molar-refractivity contribution < 1.29 is 9.47 Å². The lowest BCUT2D eigenvalue weighted by Crippen LogP contribution is -1.96. The monoisotopic (exact) mass is 354 g/mol. The molecule has 2 aromatic carbocycles. The quantitative estimate of drug-likeness (QED) is 0.710. The van der Waals surface area contributed by atoms with Gasteiger partial charge in [0.15, 0.2) is 0 Å². The molecule has 2 aromatic rings. The second kappa shape index (κ2) is 6.51. The van der Waals surface area contributed by atoms with Crippen LogP contribution in [-0.2, 0) is 0 Å². The van der Waals surface area contributed by atoms with Crippen LogP contribution in [0.25, 0.3) is 0 Å². The molecule has 0 heterocycles. The van der Waals surface area contributed by atoms with Crippen molar-refractivity contribution >= 4 is 27.5 Å². The van der Waals surface area contributed by atoms with Crippen LogP contribution in [-0.4, -0.2) is 14.2 Å². The van der Waals surface area contributed by atoms with Crippen molar-refractivity contribution in [3.05, 3.63) is 57.6 Å². The zero-order chi connectivity index (χ0) is 14.7. The number of ether oxygens (including phenoxy) is 2. The number of aryl methyl sites for hydroxylation is 1. The summed E-state index contributed by atoms with van der Waals surface area (Å²) >= 11 is 10.0. The Morgan fingerprint density at radius 3 is 2.15 bits per heavy atom. The fourth-order valence-corrected chi connectivity index (χ4v) is 2.86. The molecule has 106 valence electrons. The molecule has 20 heavy (non-hydrogen) atoms. The van der Waals surface area contributed by atoms with Gasteiger partial charge in [-0.05, 0) is 57.7 Å². The Bertz CT molecular complexity index is 613. The third-order valence-electron chi connectivity index (χ3n) is 3.19. The van der Waals surface area contributed by atoms with Gasteiger partial charge >= 0.3 is 0 Å². The van der Waals surface area contributed by atoms with E-state index < -0.39 is 0 Å². The zero-order valence-corrected chi connectivity index (χ0v) is 14.0. The van der Waals surface area contributed by atoms with Crippen molar-refractivity contribution in [2.24, 2.45) is 0 Å². The Balaban J connectivity index is 2.35. The van der Waals surface area contributed by atoms with Gasteiger partial charge in [-0.15, -0.1) is 11.6 Å². The van der Waals surface area contributed by atoms with E-state index in [9.17, 15) is 0 Å². The van der Waals surface area contributed by atoms with E-state index in [1.807, 2.05) is 43.3 Å². The highest BCUT2D eigenvalue weighted by Crippen LogP contribution is 2.35. The third-order valence-corrected chi connectivity index (χ3v) is 4.32. The lowest BCUT2D eigenvalue weighted by Gasteiger charge is -2.14. The minimum atomic E-state index is -0.230. The normalized spacial score (nSPS) is 12.1. The average Bonchev–Trinajstić information content (AvgIpc) is 2.47. The molecule has 4 heteroatoms. The second-order valence-electron chi connectivity index (χ2n) is 4.49. The minimum Gasteiger partial charge on any atom is -0.496 e. The van der Waals surface area contributed by atoms with Crippen LogP contribution < -0.4 is 9.47 Å². The van der Waals surface area contributed by atoms with Crippen molar-refractivity contribution in [3.63, 3.8) is 0 Å². The summed E-state index contributed by atoms with van der Waals surface area (Å²) in [5.41, 5.74) is 3.10. The molecule has 1 unspecified atom stereocenters. The molecule has 0 bridgehead atoms. The Morgan fingerprint density at radius 2 is 1.55 bits per heavy atom. The maximum atomic E-state index is 6.56. The molecule has 0 saturated heterocycles. The second-order valence-corrected chi connectivity index (χ2v) is 5.78. The van der Waals surface area contributed by atoms with Crippen LogP contribution >= 0.6 is 27.5 Å². The van der Waals surface area contributed by atoms with Crippen molar-refractivity contribution in [2.45, 2.75) is 12.3 Å². The molecule has 0 aromatic heterocycles. The third kappa shape index (κ3) is 3.10. The lowest BCUT2D eigenvalue weighted by atomic mass is 10.0. The van der Waals surface area contributed by atoms with Gasteiger partial charge in [0.2, 0.25) is 0 Å². The summed E-state index contributed by atoms with van der Waals surface area (Å²) in [6.07, 6.45) is 0. The summed E-state index contributed by atoms with van der Waals surface area (Å²) in [6, 6.07) is 11.9. The molecule has 0 aliphatic rings. The number of halogens is 2. The van der Waals surface area contributed by atoms with E-state index in [1.54, 1.807) is 14.2 Å². The number of methoxy groups -OCH3 is 2. The van der Waals surface area contributed by atoms with Crippen molar-refractivity contribution in [1.82, 2.24) is 0 Å². The summed E-state index contributed by atoms with van der Waals surface area (Å²) in [7, 11) is 3.31. The average molecular weight is 356 g/mol. The molecule has 2 nitrogen and oxygen atoms in total. The van der Waals surface area contributed by atoms with Crippen molar-refractivity contribution in [2.75, 3.05) is 14.2 Å². The summed E-state index contributed by atoms with van der Waals surface area (Å²) in [4.78, 5) is 0. The first-order chi connectivity index (χ1) is 9.56. The van der Waals surface area contributed by atoms with E-state index in [1.165, 1.54) is 0 Å². The molecule has 0 spiro atoms. The summed E-state index contributed by atoms with van der Waals surface area (Å²) in [5.74, 6) is 1.64. The van der Waals surface area contributed by atoms with Crippen LogP contribution in [0, 0.1) is 6.92 Å². The summed E-state index contributed by atoms with van der Waals surface area (Å²) in [5, 5.41) is -0.230. The SMILES string of the molecule is COc1cc(C(Cl)c2ccc(OC)c(Br)c2)ccc1C. The number of hydrogen-bond acceptors (Lipinski definition) is 2. The van der Waals surface area contributed by atoms with Crippen molar-refractivity contribution in [3.8, 4) is 11.5 Å².